The lowest BCUT2D eigenvalue weighted by atomic mass is 9.62. The molecule has 0 radical (unpaired) electrons. The molecule has 0 bridgehead atoms. The molecule has 8 nitrogen and oxygen atoms in total. The molecule has 4 rings (SSSR count). The first-order valence-electron chi connectivity index (χ1n) is 8.72. The van der Waals surface area contributed by atoms with Gasteiger partial charge in [-0.1, -0.05) is 31.5 Å². The van der Waals surface area contributed by atoms with Crippen LogP contribution in [0.1, 0.15) is 25.3 Å². The number of carbonyl (C=O) groups excluding carboxylic acids is 2. The van der Waals surface area contributed by atoms with E-state index in [1.54, 1.807) is 0 Å². The van der Waals surface area contributed by atoms with Gasteiger partial charge in [0, 0.05) is 11.7 Å². The fourth-order valence-corrected chi connectivity index (χ4v) is 4.55. The second kappa shape index (κ2) is 6.00. The zero-order chi connectivity index (χ0) is 18.5. The quantitative estimate of drug-likeness (QED) is 0.581. The highest BCUT2D eigenvalue weighted by Crippen LogP contribution is 2.54. The van der Waals surface area contributed by atoms with Crippen LogP contribution in [0.15, 0.2) is 35.7 Å². The smallest absolute Gasteiger partial charge is 0.340 e. The normalized spacial score (nSPS) is 32.1. The summed E-state index contributed by atoms with van der Waals surface area (Å²) in [6, 6.07) is 7.29. The SMILES string of the molecule is CCCC1NNC2OC(N)=C(C(=O)OC)C3(C(=O)Nc4ccccc43)C12. The van der Waals surface area contributed by atoms with Crippen LogP contribution in [0.2, 0.25) is 0 Å². The Morgan fingerprint density at radius 1 is 1.35 bits per heavy atom. The molecule has 3 aliphatic heterocycles. The highest BCUT2D eigenvalue weighted by molar-refractivity contribution is 6.14. The monoisotopic (exact) mass is 358 g/mol. The molecule has 1 spiro atoms. The number of hydrogen-bond acceptors (Lipinski definition) is 7. The summed E-state index contributed by atoms with van der Waals surface area (Å²) in [6.07, 6.45) is 1.19. The van der Waals surface area contributed by atoms with Crippen LogP contribution in [-0.4, -0.2) is 31.3 Å². The van der Waals surface area contributed by atoms with Crippen molar-refractivity contribution in [1.29, 1.82) is 0 Å². The minimum Gasteiger partial charge on any atom is -0.465 e. The number of para-hydroxylation sites is 1. The predicted molar refractivity (Wildman–Crippen MR) is 93.3 cm³/mol. The zero-order valence-corrected chi connectivity index (χ0v) is 14.7. The topological polar surface area (TPSA) is 115 Å². The number of esters is 1. The van der Waals surface area contributed by atoms with Crippen LogP contribution >= 0.6 is 0 Å². The molecule has 1 aromatic rings. The highest BCUT2D eigenvalue weighted by atomic mass is 16.5. The Morgan fingerprint density at radius 2 is 2.12 bits per heavy atom. The van der Waals surface area contributed by atoms with E-state index in [0.717, 1.165) is 18.4 Å². The fraction of sp³-hybridized carbons (Fsp3) is 0.444. The van der Waals surface area contributed by atoms with Crippen molar-refractivity contribution in [2.45, 2.75) is 37.5 Å². The van der Waals surface area contributed by atoms with Crippen LogP contribution in [0.25, 0.3) is 0 Å². The molecule has 4 atom stereocenters. The highest BCUT2D eigenvalue weighted by Gasteiger charge is 2.66. The van der Waals surface area contributed by atoms with E-state index in [1.165, 1.54) is 7.11 Å². The van der Waals surface area contributed by atoms with Crippen molar-refractivity contribution < 1.29 is 19.1 Å². The molecule has 0 saturated carbocycles. The van der Waals surface area contributed by atoms with Gasteiger partial charge in [-0.3, -0.25) is 10.2 Å². The summed E-state index contributed by atoms with van der Waals surface area (Å²) in [5, 5.41) is 2.92. The molecule has 1 amide bonds. The summed E-state index contributed by atoms with van der Waals surface area (Å²) in [5.74, 6) is -1.38. The van der Waals surface area contributed by atoms with Gasteiger partial charge in [-0.25, -0.2) is 10.2 Å². The molecule has 8 heteroatoms. The van der Waals surface area contributed by atoms with Gasteiger partial charge in [0.2, 0.25) is 5.91 Å². The summed E-state index contributed by atoms with van der Waals surface area (Å²) in [6.45, 7) is 2.07. The summed E-state index contributed by atoms with van der Waals surface area (Å²) in [7, 11) is 1.27. The van der Waals surface area contributed by atoms with E-state index < -0.39 is 17.6 Å². The molecule has 138 valence electrons. The van der Waals surface area contributed by atoms with Gasteiger partial charge >= 0.3 is 5.97 Å². The molecular weight excluding hydrogens is 336 g/mol. The molecular formula is C18H22N4O4. The first kappa shape index (κ1) is 16.9. The lowest BCUT2D eigenvalue weighted by molar-refractivity contribution is -0.142. The third-order valence-corrected chi connectivity index (χ3v) is 5.51. The van der Waals surface area contributed by atoms with E-state index in [2.05, 4.69) is 23.1 Å². The lowest BCUT2D eigenvalue weighted by Gasteiger charge is -2.43. The van der Waals surface area contributed by atoms with Crippen molar-refractivity contribution in [3.63, 3.8) is 0 Å². The molecule has 3 aliphatic rings. The third-order valence-electron chi connectivity index (χ3n) is 5.51. The molecule has 5 N–H and O–H groups in total. The van der Waals surface area contributed by atoms with Gasteiger partial charge in [-0.05, 0) is 18.1 Å². The van der Waals surface area contributed by atoms with Crippen LogP contribution in [0.5, 0.6) is 0 Å². The average Bonchev–Trinajstić information content (AvgIpc) is 3.15. The van der Waals surface area contributed by atoms with Gasteiger partial charge in [0.15, 0.2) is 12.1 Å². The average molecular weight is 358 g/mol. The van der Waals surface area contributed by atoms with Gasteiger partial charge in [-0.15, -0.1) is 0 Å². The predicted octanol–water partition coefficient (Wildman–Crippen LogP) is 0.469. The van der Waals surface area contributed by atoms with Gasteiger partial charge in [0.1, 0.15) is 11.0 Å². The Balaban J connectivity index is 2.01. The van der Waals surface area contributed by atoms with Crippen LogP contribution in [0.4, 0.5) is 5.69 Å². The maximum Gasteiger partial charge on any atom is 0.340 e. The minimum absolute atomic E-state index is 0.0651. The van der Waals surface area contributed by atoms with Crippen molar-refractivity contribution in [2.75, 3.05) is 12.4 Å². The Kier molecular flexibility index (Phi) is 3.89. The number of methoxy groups -OCH3 is 1. The van der Waals surface area contributed by atoms with Crippen molar-refractivity contribution in [3.8, 4) is 0 Å². The number of nitrogens with two attached hydrogens (primary N) is 1. The molecule has 0 aliphatic carbocycles. The second-order valence-corrected chi connectivity index (χ2v) is 6.79. The van der Waals surface area contributed by atoms with Crippen molar-refractivity contribution >= 4 is 17.6 Å². The number of hydrazine groups is 1. The number of ether oxygens (including phenoxy) is 2. The van der Waals surface area contributed by atoms with Gasteiger partial charge < -0.3 is 20.5 Å². The Hall–Kier alpha value is -2.58. The fourth-order valence-electron chi connectivity index (χ4n) is 4.55. The number of rotatable bonds is 3. The number of hydrogen-bond donors (Lipinski definition) is 4. The molecule has 3 heterocycles. The Morgan fingerprint density at radius 3 is 2.85 bits per heavy atom. The minimum atomic E-state index is -1.27. The number of fused-ring (bicyclic) bond motifs is 4. The summed E-state index contributed by atoms with van der Waals surface area (Å²) in [5.41, 5.74) is 12.6. The van der Waals surface area contributed by atoms with Crippen LogP contribution in [0, 0.1) is 5.92 Å². The number of nitrogens with one attached hydrogen (secondary N) is 3. The van der Waals surface area contributed by atoms with Gasteiger partial charge in [-0.2, -0.15) is 0 Å². The second-order valence-electron chi connectivity index (χ2n) is 6.79. The van der Waals surface area contributed by atoms with Gasteiger partial charge in [0.25, 0.3) is 0 Å². The molecule has 0 aromatic heterocycles. The number of benzene rings is 1. The molecule has 1 aromatic carbocycles. The molecule has 1 fully saturated rings. The van der Waals surface area contributed by atoms with Crippen LogP contribution in [0.3, 0.4) is 0 Å². The Bertz CT molecular complexity index is 808. The standard InChI is InChI=1S/C18H22N4O4/c1-3-6-11-12-15(22-21-11)26-14(19)13(16(23)25-2)18(12)9-7-4-5-8-10(9)20-17(18)24/h4-5,7-8,11-12,15,21-22H,3,6,19H2,1-2H3,(H,20,24). The largest absolute Gasteiger partial charge is 0.465 e. The van der Waals surface area contributed by atoms with E-state index in [9.17, 15) is 9.59 Å². The number of amides is 1. The van der Waals surface area contributed by atoms with Crippen LogP contribution in [-0.2, 0) is 24.5 Å². The number of anilines is 1. The van der Waals surface area contributed by atoms with E-state index >= 15 is 0 Å². The van der Waals surface area contributed by atoms with Gasteiger partial charge in [0.05, 0.1) is 13.0 Å². The van der Waals surface area contributed by atoms with Crippen LogP contribution < -0.4 is 21.9 Å². The molecule has 26 heavy (non-hydrogen) atoms. The molecule has 1 saturated heterocycles. The van der Waals surface area contributed by atoms with E-state index in [0.29, 0.717) is 5.69 Å². The Labute approximate surface area is 151 Å². The maximum absolute atomic E-state index is 13.4. The summed E-state index contributed by atoms with van der Waals surface area (Å²) < 4.78 is 10.8. The maximum atomic E-state index is 13.4. The van der Waals surface area contributed by atoms with Crippen molar-refractivity contribution in [1.82, 2.24) is 10.9 Å². The van der Waals surface area contributed by atoms with Crippen molar-refractivity contribution in [3.05, 3.63) is 41.3 Å². The first-order chi connectivity index (χ1) is 12.6. The zero-order valence-electron chi connectivity index (χ0n) is 14.7. The van der Waals surface area contributed by atoms with E-state index in [4.69, 9.17) is 15.2 Å². The molecule has 4 unspecified atom stereocenters. The number of carbonyl (C=O) groups is 2. The first-order valence-corrected chi connectivity index (χ1v) is 8.72. The van der Waals surface area contributed by atoms with Crippen molar-refractivity contribution in [2.24, 2.45) is 11.7 Å². The third kappa shape index (κ3) is 2.02. The van der Waals surface area contributed by atoms with E-state index in [-0.39, 0.29) is 29.3 Å². The summed E-state index contributed by atoms with van der Waals surface area (Å²) in [4.78, 5) is 26.0. The lowest BCUT2D eigenvalue weighted by Crippen LogP contribution is -2.57. The summed E-state index contributed by atoms with van der Waals surface area (Å²) >= 11 is 0. The van der Waals surface area contributed by atoms with E-state index in [1.807, 2.05) is 24.3 Å².